The Bertz CT molecular complexity index is 408. The van der Waals surface area contributed by atoms with Crippen molar-refractivity contribution in [2.45, 2.75) is 52.6 Å². The first-order valence-electron chi connectivity index (χ1n) is 7.66. The molecule has 1 heterocycles. The van der Waals surface area contributed by atoms with Crippen molar-refractivity contribution in [1.82, 2.24) is 10.2 Å². The molecule has 1 aliphatic rings. The lowest BCUT2D eigenvalue weighted by Crippen LogP contribution is -2.39. The van der Waals surface area contributed by atoms with Crippen LogP contribution in [-0.2, 0) is 0 Å². The molecule has 0 aromatic heterocycles. The fraction of sp³-hybridized carbons (Fsp3) is 0.647. The zero-order valence-electron chi connectivity index (χ0n) is 12.9. The van der Waals surface area contributed by atoms with Gasteiger partial charge in [-0.15, -0.1) is 0 Å². The summed E-state index contributed by atoms with van der Waals surface area (Å²) in [5.74, 6) is 0. The van der Waals surface area contributed by atoms with Crippen molar-refractivity contribution in [3.63, 3.8) is 0 Å². The van der Waals surface area contributed by atoms with Gasteiger partial charge in [-0.25, -0.2) is 0 Å². The number of rotatable bonds is 5. The van der Waals surface area contributed by atoms with Crippen molar-refractivity contribution in [1.29, 1.82) is 0 Å². The predicted molar refractivity (Wildman–Crippen MR) is 82.6 cm³/mol. The fourth-order valence-corrected chi connectivity index (χ4v) is 3.25. The number of hydrogen-bond acceptors (Lipinski definition) is 2. The van der Waals surface area contributed by atoms with E-state index >= 15 is 0 Å². The van der Waals surface area contributed by atoms with Crippen molar-refractivity contribution in [3.05, 3.63) is 34.9 Å². The Labute approximate surface area is 118 Å². The molecule has 2 heteroatoms. The second-order valence-corrected chi connectivity index (χ2v) is 5.92. The predicted octanol–water partition coefficient (Wildman–Crippen LogP) is 3.44. The maximum absolute atomic E-state index is 3.61. The van der Waals surface area contributed by atoms with E-state index in [0.29, 0.717) is 12.1 Å². The average Bonchev–Trinajstić information content (AvgIpc) is 2.88. The molecule has 0 saturated carbocycles. The molecule has 1 aromatic carbocycles. The normalized spacial score (nSPS) is 21.0. The van der Waals surface area contributed by atoms with Gasteiger partial charge in [0.15, 0.2) is 0 Å². The topological polar surface area (TPSA) is 15.3 Å². The number of benzene rings is 1. The Balaban J connectivity index is 2.08. The summed E-state index contributed by atoms with van der Waals surface area (Å²) in [7, 11) is 0. The van der Waals surface area contributed by atoms with Gasteiger partial charge >= 0.3 is 0 Å². The molecule has 1 N–H and O–H groups in total. The summed E-state index contributed by atoms with van der Waals surface area (Å²) in [4.78, 5) is 2.60. The molecule has 0 spiro atoms. The van der Waals surface area contributed by atoms with Gasteiger partial charge in [0.1, 0.15) is 0 Å². The molecule has 0 aliphatic carbocycles. The maximum Gasteiger partial charge on any atom is 0.0323 e. The van der Waals surface area contributed by atoms with E-state index in [0.717, 1.165) is 6.54 Å². The third-order valence-corrected chi connectivity index (χ3v) is 4.45. The number of aryl methyl sites for hydroxylation is 2. The lowest BCUT2D eigenvalue weighted by atomic mass is 9.98. The van der Waals surface area contributed by atoms with Gasteiger partial charge in [-0.1, -0.05) is 30.7 Å². The molecule has 1 fully saturated rings. The number of nitrogens with zero attached hydrogens (tertiary/aromatic N) is 1. The summed E-state index contributed by atoms with van der Waals surface area (Å²) in [6.45, 7) is 12.5. The smallest absolute Gasteiger partial charge is 0.0323 e. The minimum Gasteiger partial charge on any atom is -0.313 e. The third-order valence-electron chi connectivity index (χ3n) is 4.45. The Kier molecular flexibility index (Phi) is 5.00. The third kappa shape index (κ3) is 3.58. The molecule has 2 rings (SSSR count). The standard InChI is InChI=1S/C17H28N2/c1-5-19(12-16-7-6-10-18-16)15(4)17-9-8-13(2)11-14(17)3/h8-9,11,15-16,18H,5-7,10,12H2,1-4H3. The zero-order valence-corrected chi connectivity index (χ0v) is 12.9. The van der Waals surface area contributed by atoms with Crippen LogP contribution in [0.5, 0.6) is 0 Å². The first-order chi connectivity index (χ1) is 9.11. The van der Waals surface area contributed by atoms with Gasteiger partial charge in [-0.2, -0.15) is 0 Å². The molecule has 1 aromatic rings. The Morgan fingerprint density at radius 2 is 2.16 bits per heavy atom. The van der Waals surface area contributed by atoms with E-state index in [2.05, 4.69) is 56.1 Å². The molecule has 2 atom stereocenters. The summed E-state index contributed by atoms with van der Waals surface area (Å²) in [6, 6.07) is 8.04. The first-order valence-corrected chi connectivity index (χ1v) is 7.66. The number of nitrogens with one attached hydrogen (secondary N) is 1. The molecular weight excluding hydrogens is 232 g/mol. The van der Waals surface area contributed by atoms with E-state index in [1.54, 1.807) is 0 Å². The van der Waals surface area contributed by atoms with Gasteiger partial charge in [-0.3, -0.25) is 4.90 Å². The molecule has 2 unspecified atom stereocenters. The van der Waals surface area contributed by atoms with Gasteiger partial charge in [0.2, 0.25) is 0 Å². The van der Waals surface area contributed by atoms with Crippen LogP contribution in [0.15, 0.2) is 18.2 Å². The SMILES string of the molecule is CCN(CC1CCCN1)C(C)c1ccc(C)cc1C. The van der Waals surface area contributed by atoms with Crippen LogP contribution in [0.4, 0.5) is 0 Å². The average molecular weight is 260 g/mol. The molecule has 106 valence electrons. The van der Waals surface area contributed by atoms with Gasteiger partial charge in [0.05, 0.1) is 0 Å². The van der Waals surface area contributed by atoms with E-state index in [9.17, 15) is 0 Å². The van der Waals surface area contributed by atoms with Crippen molar-refractivity contribution in [2.75, 3.05) is 19.6 Å². The van der Waals surface area contributed by atoms with Gasteiger partial charge in [0, 0.05) is 18.6 Å². The fourth-order valence-electron chi connectivity index (χ4n) is 3.25. The minimum atomic E-state index is 0.507. The van der Waals surface area contributed by atoms with Crippen LogP contribution in [0.1, 0.15) is 49.4 Å². The molecule has 19 heavy (non-hydrogen) atoms. The van der Waals surface area contributed by atoms with Gasteiger partial charge < -0.3 is 5.32 Å². The monoisotopic (exact) mass is 260 g/mol. The molecule has 0 amide bonds. The second kappa shape index (κ2) is 6.53. The molecule has 2 nitrogen and oxygen atoms in total. The highest BCUT2D eigenvalue weighted by Gasteiger charge is 2.21. The highest BCUT2D eigenvalue weighted by molar-refractivity contribution is 5.32. The number of likely N-dealkylation sites (N-methyl/N-ethyl adjacent to an activating group) is 1. The van der Waals surface area contributed by atoms with Crippen LogP contribution in [0.2, 0.25) is 0 Å². The Hall–Kier alpha value is -0.860. The Morgan fingerprint density at radius 3 is 2.74 bits per heavy atom. The highest BCUT2D eigenvalue weighted by Crippen LogP contribution is 2.25. The van der Waals surface area contributed by atoms with Crippen LogP contribution in [0.25, 0.3) is 0 Å². The van der Waals surface area contributed by atoms with E-state index in [1.165, 1.54) is 42.6 Å². The quantitative estimate of drug-likeness (QED) is 0.872. The van der Waals surface area contributed by atoms with Crippen LogP contribution in [0.3, 0.4) is 0 Å². The summed E-state index contributed by atoms with van der Waals surface area (Å²) in [6.07, 6.45) is 2.66. The van der Waals surface area contributed by atoms with E-state index in [1.807, 2.05) is 0 Å². The summed E-state index contributed by atoms with van der Waals surface area (Å²) < 4.78 is 0. The van der Waals surface area contributed by atoms with Crippen molar-refractivity contribution < 1.29 is 0 Å². The summed E-state index contributed by atoms with van der Waals surface area (Å²) in [5.41, 5.74) is 4.25. The van der Waals surface area contributed by atoms with Crippen molar-refractivity contribution in [2.24, 2.45) is 0 Å². The molecule has 0 bridgehead atoms. The van der Waals surface area contributed by atoms with Crippen molar-refractivity contribution in [3.8, 4) is 0 Å². The second-order valence-electron chi connectivity index (χ2n) is 5.92. The van der Waals surface area contributed by atoms with Gasteiger partial charge in [0.25, 0.3) is 0 Å². The molecule has 1 saturated heterocycles. The van der Waals surface area contributed by atoms with Crippen LogP contribution in [-0.4, -0.2) is 30.6 Å². The van der Waals surface area contributed by atoms with E-state index < -0.39 is 0 Å². The van der Waals surface area contributed by atoms with Crippen LogP contribution < -0.4 is 5.32 Å². The van der Waals surface area contributed by atoms with E-state index in [-0.39, 0.29) is 0 Å². The van der Waals surface area contributed by atoms with Crippen molar-refractivity contribution >= 4 is 0 Å². The summed E-state index contributed by atoms with van der Waals surface area (Å²) in [5, 5.41) is 3.61. The lowest BCUT2D eigenvalue weighted by molar-refractivity contribution is 0.202. The minimum absolute atomic E-state index is 0.507. The molecule has 1 aliphatic heterocycles. The van der Waals surface area contributed by atoms with E-state index in [4.69, 9.17) is 0 Å². The van der Waals surface area contributed by atoms with Gasteiger partial charge in [-0.05, 0) is 57.8 Å². The van der Waals surface area contributed by atoms with Crippen LogP contribution in [0, 0.1) is 13.8 Å². The molecular formula is C17H28N2. The maximum atomic E-state index is 3.61. The summed E-state index contributed by atoms with van der Waals surface area (Å²) >= 11 is 0. The number of hydrogen-bond donors (Lipinski definition) is 1. The Morgan fingerprint density at radius 1 is 1.37 bits per heavy atom. The lowest BCUT2D eigenvalue weighted by Gasteiger charge is -2.31. The highest BCUT2D eigenvalue weighted by atomic mass is 15.2. The largest absolute Gasteiger partial charge is 0.313 e. The molecule has 0 radical (unpaired) electrons. The zero-order chi connectivity index (χ0) is 13.8. The van der Waals surface area contributed by atoms with Crippen LogP contribution >= 0.6 is 0 Å². The first kappa shape index (κ1) is 14.5.